The van der Waals surface area contributed by atoms with Crippen molar-refractivity contribution >= 4 is 15.9 Å². The minimum Gasteiger partial charge on any atom is -0.486 e. The topological polar surface area (TPSA) is 39.1 Å². The van der Waals surface area contributed by atoms with Crippen molar-refractivity contribution in [3.8, 4) is 5.75 Å². The molecule has 2 aromatic rings. The van der Waals surface area contributed by atoms with Crippen molar-refractivity contribution in [2.24, 2.45) is 7.05 Å². The van der Waals surface area contributed by atoms with Gasteiger partial charge in [0.05, 0.1) is 0 Å². The Labute approximate surface area is 115 Å². The minimum absolute atomic E-state index is 0.476. The Bertz CT molecular complexity index is 525. The van der Waals surface area contributed by atoms with Crippen molar-refractivity contribution in [2.45, 2.75) is 13.2 Å². The van der Waals surface area contributed by atoms with E-state index in [1.807, 2.05) is 43.1 Å². The van der Waals surface area contributed by atoms with Gasteiger partial charge in [0.1, 0.15) is 18.2 Å². The quantitative estimate of drug-likeness (QED) is 0.922. The van der Waals surface area contributed by atoms with E-state index in [0.717, 1.165) is 22.6 Å². The van der Waals surface area contributed by atoms with Crippen molar-refractivity contribution in [1.82, 2.24) is 14.9 Å². The van der Waals surface area contributed by atoms with Gasteiger partial charge in [-0.1, -0.05) is 15.9 Å². The van der Waals surface area contributed by atoms with E-state index in [1.165, 1.54) is 5.56 Å². The highest BCUT2D eigenvalue weighted by atomic mass is 79.9. The molecule has 18 heavy (non-hydrogen) atoms. The summed E-state index contributed by atoms with van der Waals surface area (Å²) in [6, 6.07) is 5.98. The molecule has 0 aliphatic heterocycles. The average molecular weight is 310 g/mol. The van der Waals surface area contributed by atoms with Gasteiger partial charge in [-0.3, -0.25) is 0 Å². The van der Waals surface area contributed by atoms with Crippen LogP contribution in [0.15, 0.2) is 35.1 Å². The molecule has 0 saturated heterocycles. The van der Waals surface area contributed by atoms with Gasteiger partial charge in [0.15, 0.2) is 0 Å². The number of aryl methyl sites for hydroxylation is 1. The number of hydrogen-bond acceptors (Lipinski definition) is 3. The van der Waals surface area contributed by atoms with Crippen molar-refractivity contribution in [3.63, 3.8) is 0 Å². The van der Waals surface area contributed by atoms with E-state index < -0.39 is 0 Å². The molecule has 0 amide bonds. The highest BCUT2D eigenvalue weighted by Crippen LogP contribution is 2.23. The Morgan fingerprint density at radius 1 is 1.44 bits per heavy atom. The standard InChI is InChI=1S/C13H16BrN3O/c1-15-8-10-7-11(3-4-12(10)14)18-9-13-16-5-6-17(13)2/h3-7,15H,8-9H2,1-2H3. The molecule has 1 aromatic heterocycles. The van der Waals surface area contributed by atoms with Crippen LogP contribution >= 0.6 is 15.9 Å². The lowest BCUT2D eigenvalue weighted by Gasteiger charge is -2.09. The molecule has 0 aliphatic carbocycles. The number of ether oxygens (including phenoxy) is 1. The van der Waals surface area contributed by atoms with Gasteiger partial charge in [-0.05, 0) is 30.8 Å². The van der Waals surface area contributed by atoms with Gasteiger partial charge in [-0.25, -0.2) is 4.98 Å². The Kier molecular flexibility index (Phi) is 4.38. The van der Waals surface area contributed by atoms with E-state index >= 15 is 0 Å². The predicted octanol–water partition coefficient (Wildman–Crippen LogP) is 2.48. The van der Waals surface area contributed by atoms with Crippen LogP contribution in [0.2, 0.25) is 0 Å². The third-order valence-electron chi connectivity index (χ3n) is 2.67. The number of benzene rings is 1. The summed E-state index contributed by atoms with van der Waals surface area (Å²) in [5, 5.41) is 3.13. The van der Waals surface area contributed by atoms with E-state index in [9.17, 15) is 0 Å². The molecule has 0 spiro atoms. The molecule has 0 unspecified atom stereocenters. The molecule has 96 valence electrons. The number of hydrogen-bond donors (Lipinski definition) is 1. The van der Waals surface area contributed by atoms with Gasteiger partial charge in [0.25, 0.3) is 0 Å². The molecule has 4 nitrogen and oxygen atoms in total. The van der Waals surface area contributed by atoms with Gasteiger partial charge < -0.3 is 14.6 Å². The first-order valence-corrected chi connectivity index (χ1v) is 6.52. The fraction of sp³-hybridized carbons (Fsp3) is 0.308. The normalized spacial score (nSPS) is 10.6. The SMILES string of the molecule is CNCc1cc(OCc2nccn2C)ccc1Br. The fourth-order valence-corrected chi connectivity index (χ4v) is 2.04. The summed E-state index contributed by atoms with van der Waals surface area (Å²) in [5.41, 5.74) is 1.18. The summed E-state index contributed by atoms with van der Waals surface area (Å²) >= 11 is 3.52. The Morgan fingerprint density at radius 2 is 2.28 bits per heavy atom. The lowest BCUT2D eigenvalue weighted by atomic mass is 10.2. The van der Waals surface area contributed by atoms with Gasteiger partial charge in [-0.15, -0.1) is 0 Å². The monoisotopic (exact) mass is 309 g/mol. The van der Waals surface area contributed by atoms with E-state index in [4.69, 9.17) is 4.74 Å². The summed E-state index contributed by atoms with van der Waals surface area (Å²) in [6.07, 6.45) is 3.68. The van der Waals surface area contributed by atoms with Crippen LogP contribution in [0.25, 0.3) is 0 Å². The summed E-state index contributed by atoms with van der Waals surface area (Å²) in [5.74, 6) is 1.76. The van der Waals surface area contributed by atoms with Crippen LogP contribution in [-0.4, -0.2) is 16.6 Å². The van der Waals surface area contributed by atoms with Crippen LogP contribution in [0.3, 0.4) is 0 Å². The maximum absolute atomic E-state index is 5.74. The Balaban J connectivity index is 2.05. The van der Waals surface area contributed by atoms with E-state index in [-0.39, 0.29) is 0 Å². The maximum atomic E-state index is 5.74. The first-order chi connectivity index (χ1) is 8.70. The van der Waals surface area contributed by atoms with Crippen LogP contribution in [0.5, 0.6) is 5.75 Å². The number of imidazole rings is 1. The molecular formula is C13H16BrN3O. The highest BCUT2D eigenvalue weighted by Gasteiger charge is 2.04. The molecule has 1 heterocycles. The first-order valence-electron chi connectivity index (χ1n) is 5.72. The minimum atomic E-state index is 0.476. The van der Waals surface area contributed by atoms with Crippen molar-refractivity contribution in [1.29, 1.82) is 0 Å². The Hall–Kier alpha value is -1.33. The summed E-state index contributed by atoms with van der Waals surface area (Å²) < 4.78 is 8.78. The van der Waals surface area contributed by atoms with Crippen molar-refractivity contribution in [2.75, 3.05) is 7.05 Å². The number of aromatic nitrogens is 2. The summed E-state index contributed by atoms with van der Waals surface area (Å²) in [7, 11) is 3.88. The fourth-order valence-electron chi connectivity index (χ4n) is 1.65. The third kappa shape index (κ3) is 3.11. The number of nitrogens with one attached hydrogen (secondary N) is 1. The van der Waals surface area contributed by atoms with Crippen LogP contribution in [0, 0.1) is 0 Å². The molecule has 0 atom stereocenters. The molecule has 0 fully saturated rings. The largest absolute Gasteiger partial charge is 0.486 e. The zero-order valence-electron chi connectivity index (χ0n) is 10.5. The van der Waals surface area contributed by atoms with Gasteiger partial charge in [0, 0.05) is 30.5 Å². The van der Waals surface area contributed by atoms with Crippen LogP contribution < -0.4 is 10.1 Å². The van der Waals surface area contributed by atoms with Crippen LogP contribution in [0.4, 0.5) is 0 Å². The lowest BCUT2D eigenvalue weighted by molar-refractivity contribution is 0.291. The van der Waals surface area contributed by atoms with E-state index in [2.05, 4.69) is 26.2 Å². The third-order valence-corrected chi connectivity index (χ3v) is 3.45. The summed E-state index contributed by atoms with van der Waals surface area (Å²) in [6.45, 7) is 1.28. The first kappa shape index (κ1) is 13.1. The second-order valence-electron chi connectivity index (χ2n) is 4.03. The molecule has 2 rings (SSSR count). The number of nitrogens with zero attached hydrogens (tertiary/aromatic N) is 2. The maximum Gasteiger partial charge on any atom is 0.146 e. The molecule has 0 saturated carbocycles. The lowest BCUT2D eigenvalue weighted by Crippen LogP contribution is -2.07. The van der Waals surface area contributed by atoms with Crippen LogP contribution in [0.1, 0.15) is 11.4 Å². The van der Waals surface area contributed by atoms with Crippen LogP contribution in [-0.2, 0) is 20.2 Å². The average Bonchev–Trinajstić information content (AvgIpc) is 2.76. The second kappa shape index (κ2) is 6.02. The molecule has 0 aliphatic rings. The van der Waals surface area contributed by atoms with Gasteiger partial charge in [0.2, 0.25) is 0 Å². The van der Waals surface area contributed by atoms with Gasteiger partial charge in [-0.2, -0.15) is 0 Å². The van der Waals surface area contributed by atoms with E-state index in [1.54, 1.807) is 6.20 Å². The van der Waals surface area contributed by atoms with Crippen molar-refractivity contribution < 1.29 is 4.74 Å². The molecule has 0 radical (unpaired) electrons. The van der Waals surface area contributed by atoms with E-state index in [0.29, 0.717) is 6.61 Å². The molecular weight excluding hydrogens is 294 g/mol. The molecule has 1 aromatic carbocycles. The predicted molar refractivity (Wildman–Crippen MR) is 74.4 cm³/mol. The number of rotatable bonds is 5. The highest BCUT2D eigenvalue weighted by molar-refractivity contribution is 9.10. The number of halogens is 1. The second-order valence-corrected chi connectivity index (χ2v) is 4.88. The zero-order chi connectivity index (χ0) is 13.0. The Morgan fingerprint density at radius 3 is 2.94 bits per heavy atom. The van der Waals surface area contributed by atoms with Crippen molar-refractivity contribution in [3.05, 3.63) is 46.5 Å². The van der Waals surface area contributed by atoms with Gasteiger partial charge >= 0.3 is 0 Å². The zero-order valence-corrected chi connectivity index (χ0v) is 12.1. The molecule has 1 N–H and O–H groups in total. The molecule has 5 heteroatoms. The smallest absolute Gasteiger partial charge is 0.146 e. The summed E-state index contributed by atoms with van der Waals surface area (Å²) in [4.78, 5) is 4.22. The molecule has 0 bridgehead atoms.